The number of hydrogen-bond donors (Lipinski definition) is 0. The first-order chi connectivity index (χ1) is 21.3. The molecule has 0 saturated carbocycles. The first kappa shape index (κ1) is 29.3. The molecule has 2 heterocycles. The van der Waals surface area contributed by atoms with E-state index < -0.39 is 30.2 Å². The maximum Gasteiger partial charge on any atom is 0.242 e. The van der Waals surface area contributed by atoms with Crippen molar-refractivity contribution in [1.29, 1.82) is 0 Å². The van der Waals surface area contributed by atoms with E-state index in [1.54, 1.807) is 6.26 Å². The Morgan fingerprint density at radius 1 is 0.558 bits per heavy atom. The molecule has 0 aromatic heterocycles. The summed E-state index contributed by atoms with van der Waals surface area (Å²) in [7, 11) is 0. The third-order valence-corrected chi connectivity index (χ3v) is 7.78. The quantitative estimate of drug-likeness (QED) is 0.171. The number of ether oxygens (including phenoxy) is 6. The Labute approximate surface area is 253 Å². The third-order valence-electron chi connectivity index (χ3n) is 7.78. The fourth-order valence-corrected chi connectivity index (χ4v) is 5.60. The molecule has 0 bridgehead atoms. The highest BCUT2D eigenvalue weighted by Crippen LogP contribution is 2.42. The van der Waals surface area contributed by atoms with Crippen LogP contribution in [-0.2, 0) is 54.8 Å². The Morgan fingerprint density at radius 2 is 1.02 bits per heavy atom. The second-order valence-electron chi connectivity index (χ2n) is 10.9. The van der Waals surface area contributed by atoms with E-state index >= 15 is 0 Å². The molecule has 6 rings (SSSR count). The van der Waals surface area contributed by atoms with Gasteiger partial charge >= 0.3 is 0 Å². The second kappa shape index (κ2) is 14.6. The maximum absolute atomic E-state index is 6.82. The molecule has 5 atom stereocenters. The Kier molecular flexibility index (Phi) is 9.95. The molecule has 2 aliphatic rings. The molecule has 4 aromatic carbocycles. The highest BCUT2D eigenvalue weighted by atomic mass is 16.7. The van der Waals surface area contributed by atoms with E-state index in [4.69, 9.17) is 28.4 Å². The predicted octanol–water partition coefficient (Wildman–Crippen LogP) is 6.99. The molecule has 222 valence electrons. The first-order valence-electron chi connectivity index (χ1n) is 14.9. The Balaban J connectivity index is 1.29. The summed E-state index contributed by atoms with van der Waals surface area (Å²) in [6, 6.07) is 40.5. The van der Waals surface area contributed by atoms with E-state index in [0.29, 0.717) is 39.5 Å². The summed E-state index contributed by atoms with van der Waals surface area (Å²) in [6.07, 6.45) is 2.16. The van der Waals surface area contributed by atoms with Crippen molar-refractivity contribution in [1.82, 2.24) is 0 Å². The van der Waals surface area contributed by atoms with Crippen LogP contribution < -0.4 is 0 Å². The number of rotatable bonds is 13. The van der Waals surface area contributed by atoms with Gasteiger partial charge in [-0.25, -0.2) is 0 Å². The molecule has 0 unspecified atom stereocenters. The highest BCUT2D eigenvalue weighted by Gasteiger charge is 2.59. The van der Waals surface area contributed by atoms with Gasteiger partial charge < -0.3 is 28.4 Å². The summed E-state index contributed by atoms with van der Waals surface area (Å²) in [5.74, 6) is -1.07. The molecule has 43 heavy (non-hydrogen) atoms. The van der Waals surface area contributed by atoms with Crippen molar-refractivity contribution in [2.75, 3.05) is 6.61 Å². The normalized spacial score (nSPS) is 24.7. The van der Waals surface area contributed by atoms with Crippen LogP contribution in [0.2, 0.25) is 0 Å². The number of hydrogen-bond acceptors (Lipinski definition) is 6. The van der Waals surface area contributed by atoms with Gasteiger partial charge in [0.15, 0.2) is 6.10 Å². The van der Waals surface area contributed by atoms with Gasteiger partial charge in [-0.3, -0.25) is 0 Å². The van der Waals surface area contributed by atoms with Gasteiger partial charge in [-0.15, -0.1) is 0 Å². The Bertz CT molecular complexity index is 1390. The molecule has 0 N–H and O–H groups in total. The van der Waals surface area contributed by atoms with E-state index in [0.717, 1.165) is 22.3 Å². The van der Waals surface area contributed by atoms with Crippen molar-refractivity contribution in [2.24, 2.45) is 0 Å². The summed E-state index contributed by atoms with van der Waals surface area (Å²) in [5, 5.41) is 0. The van der Waals surface area contributed by atoms with Crippen LogP contribution in [0, 0.1) is 0 Å². The summed E-state index contributed by atoms with van der Waals surface area (Å²) < 4.78 is 39.4. The Morgan fingerprint density at radius 3 is 1.51 bits per heavy atom. The smallest absolute Gasteiger partial charge is 0.242 e. The molecule has 0 amide bonds. The fraction of sp³-hybridized carbons (Fsp3) is 0.297. The van der Waals surface area contributed by atoms with Gasteiger partial charge in [0.1, 0.15) is 18.3 Å². The lowest BCUT2D eigenvalue weighted by Gasteiger charge is -2.50. The van der Waals surface area contributed by atoms with Gasteiger partial charge in [0.05, 0.1) is 39.3 Å². The summed E-state index contributed by atoms with van der Waals surface area (Å²) in [5.41, 5.74) is 4.28. The van der Waals surface area contributed by atoms with Crippen molar-refractivity contribution in [2.45, 2.75) is 63.1 Å². The van der Waals surface area contributed by atoms with Crippen LogP contribution in [0.3, 0.4) is 0 Å². The summed E-state index contributed by atoms with van der Waals surface area (Å²) >= 11 is 0. The molecular weight excluding hydrogens is 540 g/mol. The molecule has 1 saturated heterocycles. The van der Waals surface area contributed by atoms with Crippen molar-refractivity contribution in [3.63, 3.8) is 0 Å². The minimum absolute atomic E-state index is 0.302. The van der Waals surface area contributed by atoms with Crippen molar-refractivity contribution in [3.8, 4) is 0 Å². The van der Waals surface area contributed by atoms with Crippen LogP contribution in [-0.4, -0.2) is 36.8 Å². The van der Waals surface area contributed by atoms with Crippen molar-refractivity contribution in [3.05, 3.63) is 156 Å². The van der Waals surface area contributed by atoms with Crippen molar-refractivity contribution >= 4 is 0 Å². The van der Waals surface area contributed by atoms with Gasteiger partial charge in [0.2, 0.25) is 5.79 Å². The first-order valence-corrected chi connectivity index (χ1v) is 14.9. The minimum atomic E-state index is -1.07. The zero-order valence-corrected chi connectivity index (χ0v) is 24.2. The average molecular weight is 579 g/mol. The van der Waals surface area contributed by atoms with Crippen LogP contribution in [0.1, 0.15) is 28.7 Å². The average Bonchev–Trinajstić information content (AvgIpc) is 3.53. The van der Waals surface area contributed by atoms with Crippen LogP contribution in [0.25, 0.3) is 0 Å². The highest BCUT2D eigenvalue weighted by molar-refractivity contribution is 5.17. The fourth-order valence-electron chi connectivity index (χ4n) is 5.60. The lowest BCUT2D eigenvalue weighted by atomic mass is 9.90. The Hall–Kier alpha value is -3.78. The van der Waals surface area contributed by atoms with E-state index in [1.807, 2.05) is 91.0 Å². The molecular formula is C37H38O6. The van der Waals surface area contributed by atoms with E-state index in [2.05, 4.69) is 36.4 Å². The molecule has 6 nitrogen and oxygen atoms in total. The lowest BCUT2D eigenvalue weighted by molar-refractivity contribution is -0.365. The molecule has 1 fully saturated rings. The second-order valence-corrected chi connectivity index (χ2v) is 10.9. The van der Waals surface area contributed by atoms with Crippen LogP contribution >= 0.6 is 0 Å². The largest absolute Gasteiger partial charge is 0.467 e. The summed E-state index contributed by atoms with van der Waals surface area (Å²) in [4.78, 5) is 0. The topological polar surface area (TPSA) is 55.4 Å². The van der Waals surface area contributed by atoms with Gasteiger partial charge in [0.25, 0.3) is 0 Å². The van der Waals surface area contributed by atoms with Gasteiger partial charge in [-0.05, 0) is 28.3 Å². The predicted molar refractivity (Wildman–Crippen MR) is 164 cm³/mol. The minimum Gasteiger partial charge on any atom is -0.467 e. The molecule has 0 aliphatic carbocycles. The zero-order valence-electron chi connectivity index (χ0n) is 24.2. The molecule has 4 aromatic rings. The van der Waals surface area contributed by atoms with E-state index in [9.17, 15) is 0 Å². The molecule has 1 spiro atoms. The number of benzene rings is 4. The lowest BCUT2D eigenvalue weighted by Crippen LogP contribution is -2.67. The van der Waals surface area contributed by atoms with Gasteiger partial charge in [-0.1, -0.05) is 121 Å². The molecule has 6 heteroatoms. The van der Waals surface area contributed by atoms with Crippen LogP contribution in [0.4, 0.5) is 0 Å². The third kappa shape index (κ3) is 7.60. The molecule has 2 aliphatic heterocycles. The monoisotopic (exact) mass is 578 g/mol. The maximum atomic E-state index is 6.82. The van der Waals surface area contributed by atoms with Gasteiger partial charge in [0, 0.05) is 6.42 Å². The zero-order chi connectivity index (χ0) is 29.2. The van der Waals surface area contributed by atoms with Gasteiger partial charge in [-0.2, -0.15) is 0 Å². The standard InChI is InChI=1S/C37H38O6/c1-5-14-29(15-6-1)24-38-28-33-34(39-25-30-16-7-2-8-17-30)35(40-26-31-18-9-3-10-19-31)36(37(43-33)22-13-23-42-37)41-27-32-20-11-4-12-21-32/h1-21,23,33-36H,22,24-28H2/t33-,34+,35+,36-,37-/m1/s1. The SMILES string of the molecule is C1=CO[C@]2(C1)O[C@H](COCc1ccccc1)[C@H](OCc1ccccc1)[C@H](OCc1ccccc1)[C@H]2OCc1ccccc1. The van der Waals surface area contributed by atoms with Crippen LogP contribution in [0.15, 0.2) is 134 Å². The van der Waals surface area contributed by atoms with Crippen LogP contribution in [0.5, 0.6) is 0 Å². The van der Waals surface area contributed by atoms with E-state index in [1.165, 1.54) is 0 Å². The molecule has 0 radical (unpaired) electrons. The van der Waals surface area contributed by atoms with E-state index in [-0.39, 0.29) is 0 Å². The summed E-state index contributed by atoms with van der Waals surface area (Å²) in [6.45, 7) is 1.93. The van der Waals surface area contributed by atoms with Crippen molar-refractivity contribution < 1.29 is 28.4 Å².